The zero-order valence-corrected chi connectivity index (χ0v) is 14.0. The number of aromatic nitrogens is 1. The average Bonchev–Trinajstić information content (AvgIpc) is 2.97. The van der Waals surface area contributed by atoms with Gasteiger partial charge < -0.3 is 19.5 Å². The number of aryl methyl sites for hydroxylation is 1. The Labute approximate surface area is 142 Å². The van der Waals surface area contributed by atoms with Crippen molar-refractivity contribution in [2.75, 3.05) is 18.1 Å². The van der Waals surface area contributed by atoms with Gasteiger partial charge in [-0.1, -0.05) is 6.07 Å². The van der Waals surface area contributed by atoms with E-state index in [1.165, 1.54) is 24.3 Å². The summed E-state index contributed by atoms with van der Waals surface area (Å²) in [5, 5.41) is 10.1. The molecule has 0 saturated heterocycles. The van der Waals surface area contributed by atoms with Crippen LogP contribution in [0.25, 0.3) is 0 Å². The Balaban J connectivity index is 2.05. The van der Waals surface area contributed by atoms with Gasteiger partial charge >= 0.3 is 11.9 Å². The van der Waals surface area contributed by atoms with Crippen LogP contribution in [-0.2, 0) is 9.53 Å². The molecule has 0 bridgehead atoms. The van der Waals surface area contributed by atoms with Crippen LogP contribution in [0, 0.1) is 6.92 Å². The van der Waals surface area contributed by atoms with Gasteiger partial charge in [0.15, 0.2) is 10.9 Å². The lowest BCUT2D eigenvalue weighted by atomic mass is 10.1. The van der Waals surface area contributed by atoms with E-state index in [0.717, 1.165) is 4.88 Å². The zero-order valence-electron chi connectivity index (χ0n) is 13.2. The maximum absolute atomic E-state index is 11.4. The number of anilines is 2. The van der Waals surface area contributed by atoms with Gasteiger partial charge in [0.25, 0.3) is 0 Å². The first-order valence-electron chi connectivity index (χ1n) is 7.31. The Bertz CT molecular complexity index is 789. The predicted octanol–water partition coefficient (Wildman–Crippen LogP) is 2.61. The quantitative estimate of drug-likeness (QED) is 0.850. The van der Waals surface area contributed by atoms with Crippen molar-refractivity contribution in [2.45, 2.75) is 19.9 Å². The zero-order chi connectivity index (χ0) is 17.3. The molecule has 0 amide bonds. The SMILES string of the molecule is CC(=O)OCC1COc2c(C(=O)O)cccc2N1c1ncc(C)s1. The first kappa shape index (κ1) is 16.3. The number of aromatic carboxylic acids is 1. The van der Waals surface area contributed by atoms with Gasteiger partial charge in [0.05, 0.1) is 5.69 Å². The van der Waals surface area contributed by atoms with Crippen LogP contribution in [0.1, 0.15) is 22.2 Å². The molecule has 2 heterocycles. The summed E-state index contributed by atoms with van der Waals surface area (Å²) in [4.78, 5) is 29.9. The van der Waals surface area contributed by atoms with Gasteiger partial charge in [0.2, 0.25) is 0 Å². The Hall–Kier alpha value is -2.61. The smallest absolute Gasteiger partial charge is 0.339 e. The van der Waals surface area contributed by atoms with Gasteiger partial charge in [-0.05, 0) is 19.1 Å². The van der Waals surface area contributed by atoms with Crippen molar-refractivity contribution >= 4 is 34.1 Å². The maximum atomic E-state index is 11.4. The third kappa shape index (κ3) is 3.05. The van der Waals surface area contributed by atoms with Crippen molar-refractivity contribution in [3.63, 3.8) is 0 Å². The molecule has 3 rings (SSSR count). The molecular formula is C16H16N2O5S. The fraction of sp³-hybridized carbons (Fsp3) is 0.312. The fourth-order valence-corrected chi connectivity index (χ4v) is 3.38. The molecule has 1 aliphatic rings. The lowest BCUT2D eigenvalue weighted by Crippen LogP contribution is -2.43. The van der Waals surface area contributed by atoms with Gasteiger partial charge in [0.1, 0.15) is 24.8 Å². The lowest BCUT2D eigenvalue weighted by molar-refractivity contribution is -0.141. The fourth-order valence-electron chi connectivity index (χ4n) is 2.54. The summed E-state index contributed by atoms with van der Waals surface area (Å²) < 4.78 is 10.8. The van der Waals surface area contributed by atoms with Gasteiger partial charge in [-0.25, -0.2) is 9.78 Å². The molecular weight excluding hydrogens is 332 g/mol. The molecule has 1 unspecified atom stereocenters. The Morgan fingerprint density at radius 2 is 2.29 bits per heavy atom. The topological polar surface area (TPSA) is 89.0 Å². The van der Waals surface area contributed by atoms with E-state index in [9.17, 15) is 14.7 Å². The largest absolute Gasteiger partial charge is 0.488 e. The monoisotopic (exact) mass is 348 g/mol. The molecule has 8 heteroatoms. The van der Waals surface area contributed by atoms with Crippen LogP contribution in [0.4, 0.5) is 10.8 Å². The number of benzene rings is 1. The van der Waals surface area contributed by atoms with E-state index in [1.807, 2.05) is 11.8 Å². The molecule has 1 atom stereocenters. The van der Waals surface area contributed by atoms with Crippen molar-refractivity contribution in [1.82, 2.24) is 4.98 Å². The highest BCUT2D eigenvalue weighted by atomic mass is 32.1. The van der Waals surface area contributed by atoms with Crippen LogP contribution in [0.5, 0.6) is 5.75 Å². The number of carboxylic acid groups (broad SMARTS) is 1. The van der Waals surface area contributed by atoms with E-state index < -0.39 is 5.97 Å². The standard InChI is InChI=1S/C16H16N2O5S/c1-9-6-17-16(24-9)18-11(7-22-10(2)19)8-23-14-12(15(20)21)4-3-5-13(14)18/h3-6,11H,7-8H2,1-2H3,(H,20,21). The molecule has 0 spiro atoms. The highest BCUT2D eigenvalue weighted by molar-refractivity contribution is 7.15. The molecule has 126 valence electrons. The Kier molecular flexibility index (Phi) is 4.39. The van der Waals surface area contributed by atoms with E-state index >= 15 is 0 Å². The molecule has 1 aromatic carbocycles. The number of ether oxygens (including phenoxy) is 2. The summed E-state index contributed by atoms with van der Waals surface area (Å²) in [5.41, 5.74) is 0.698. The second kappa shape index (κ2) is 6.48. The molecule has 2 aromatic rings. The molecule has 24 heavy (non-hydrogen) atoms. The van der Waals surface area contributed by atoms with Crippen LogP contribution in [0.3, 0.4) is 0 Å². The normalized spacial score (nSPS) is 16.2. The second-order valence-corrected chi connectivity index (χ2v) is 6.56. The van der Waals surface area contributed by atoms with E-state index in [4.69, 9.17) is 9.47 Å². The number of hydrogen-bond acceptors (Lipinski definition) is 7. The number of esters is 1. The highest BCUT2D eigenvalue weighted by Crippen LogP contribution is 2.42. The number of carboxylic acids is 1. The summed E-state index contributed by atoms with van der Waals surface area (Å²) in [6, 6.07) is 4.65. The summed E-state index contributed by atoms with van der Waals surface area (Å²) in [6.45, 7) is 3.61. The first-order valence-corrected chi connectivity index (χ1v) is 8.13. The highest BCUT2D eigenvalue weighted by Gasteiger charge is 2.33. The van der Waals surface area contributed by atoms with Crippen LogP contribution >= 0.6 is 11.3 Å². The third-order valence-corrected chi connectivity index (χ3v) is 4.48. The number of carbonyl (C=O) groups is 2. The minimum absolute atomic E-state index is 0.0942. The van der Waals surface area contributed by atoms with Crippen molar-refractivity contribution in [2.24, 2.45) is 0 Å². The molecule has 1 aromatic heterocycles. The molecule has 0 radical (unpaired) electrons. The van der Waals surface area contributed by atoms with Crippen LogP contribution < -0.4 is 9.64 Å². The van der Waals surface area contributed by atoms with Crippen LogP contribution in [-0.4, -0.2) is 41.3 Å². The third-order valence-electron chi connectivity index (χ3n) is 3.56. The lowest BCUT2D eigenvalue weighted by Gasteiger charge is -2.36. The number of rotatable bonds is 4. The molecule has 1 aliphatic heterocycles. The van der Waals surface area contributed by atoms with Gasteiger partial charge in [0, 0.05) is 18.0 Å². The molecule has 0 saturated carbocycles. The minimum atomic E-state index is -1.06. The molecule has 0 aliphatic carbocycles. The number of nitrogens with zero attached hydrogens (tertiary/aromatic N) is 2. The second-order valence-electron chi connectivity index (χ2n) is 5.35. The van der Waals surface area contributed by atoms with E-state index in [2.05, 4.69) is 4.98 Å². The number of hydrogen-bond donors (Lipinski definition) is 1. The number of thiazole rings is 1. The van der Waals surface area contributed by atoms with E-state index in [1.54, 1.807) is 18.3 Å². The van der Waals surface area contributed by atoms with Crippen molar-refractivity contribution in [1.29, 1.82) is 0 Å². The Morgan fingerprint density at radius 1 is 1.50 bits per heavy atom. The van der Waals surface area contributed by atoms with Crippen molar-refractivity contribution in [3.05, 3.63) is 34.8 Å². The van der Waals surface area contributed by atoms with Crippen LogP contribution in [0.2, 0.25) is 0 Å². The van der Waals surface area contributed by atoms with Gasteiger partial charge in [-0.15, -0.1) is 11.3 Å². The first-order chi connectivity index (χ1) is 11.5. The van der Waals surface area contributed by atoms with Gasteiger partial charge in [-0.3, -0.25) is 4.79 Å². The van der Waals surface area contributed by atoms with Crippen molar-refractivity contribution < 1.29 is 24.2 Å². The molecule has 0 fully saturated rings. The van der Waals surface area contributed by atoms with E-state index in [0.29, 0.717) is 16.6 Å². The number of para-hydroxylation sites is 1. The maximum Gasteiger partial charge on any atom is 0.339 e. The number of carbonyl (C=O) groups excluding carboxylic acids is 1. The Morgan fingerprint density at radius 3 is 2.92 bits per heavy atom. The molecule has 7 nitrogen and oxygen atoms in total. The summed E-state index contributed by atoms with van der Waals surface area (Å²) in [5.74, 6) is -1.13. The van der Waals surface area contributed by atoms with E-state index in [-0.39, 0.29) is 30.8 Å². The summed E-state index contributed by atoms with van der Waals surface area (Å²) in [7, 11) is 0. The van der Waals surface area contributed by atoms with Crippen LogP contribution in [0.15, 0.2) is 24.4 Å². The minimum Gasteiger partial charge on any atom is -0.488 e. The van der Waals surface area contributed by atoms with Gasteiger partial charge in [-0.2, -0.15) is 0 Å². The average molecular weight is 348 g/mol. The summed E-state index contributed by atoms with van der Waals surface area (Å²) in [6.07, 6.45) is 1.75. The number of fused-ring (bicyclic) bond motifs is 1. The summed E-state index contributed by atoms with van der Waals surface area (Å²) >= 11 is 1.48. The predicted molar refractivity (Wildman–Crippen MR) is 88.3 cm³/mol. The molecule has 1 N–H and O–H groups in total. The van der Waals surface area contributed by atoms with Crippen molar-refractivity contribution in [3.8, 4) is 5.75 Å².